The molecule has 4 heterocycles. The first-order valence-corrected chi connectivity index (χ1v) is 20.2. The van der Waals surface area contributed by atoms with E-state index in [1.54, 1.807) is 0 Å². The van der Waals surface area contributed by atoms with Crippen molar-refractivity contribution in [3.8, 4) is 28.3 Å². The van der Waals surface area contributed by atoms with Gasteiger partial charge in [-0.25, -0.2) is 4.98 Å². The molecular formula is C55H34N4. The second kappa shape index (κ2) is 12.3. The highest BCUT2D eigenvalue weighted by Gasteiger charge is 2.22. The van der Waals surface area contributed by atoms with Gasteiger partial charge < -0.3 is 13.7 Å². The Kier molecular flexibility index (Phi) is 6.69. The van der Waals surface area contributed by atoms with E-state index < -0.39 is 0 Å². The Balaban J connectivity index is 1.07. The van der Waals surface area contributed by atoms with E-state index in [-0.39, 0.29) is 0 Å². The van der Waals surface area contributed by atoms with Crippen LogP contribution >= 0.6 is 0 Å². The Hall–Kier alpha value is -7.95. The predicted molar refractivity (Wildman–Crippen MR) is 248 cm³/mol. The minimum atomic E-state index is 0.984. The number of benzene rings is 9. The van der Waals surface area contributed by atoms with Gasteiger partial charge in [0.25, 0.3) is 0 Å². The lowest BCUT2D eigenvalue weighted by molar-refractivity contribution is 1.15. The van der Waals surface area contributed by atoms with Crippen molar-refractivity contribution in [2.45, 2.75) is 0 Å². The van der Waals surface area contributed by atoms with Crippen molar-refractivity contribution in [3.05, 3.63) is 206 Å². The van der Waals surface area contributed by atoms with E-state index in [2.05, 4.69) is 220 Å². The Morgan fingerprint density at radius 3 is 1.32 bits per heavy atom. The summed E-state index contributed by atoms with van der Waals surface area (Å²) in [7, 11) is 0. The average molecular weight is 751 g/mol. The van der Waals surface area contributed by atoms with Crippen LogP contribution in [0.1, 0.15) is 0 Å². The molecule has 0 bridgehead atoms. The summed E-state index contributed by atoms with van der Waals surface area (Å²) in [5.41, 5.74) is 13.6. The number of para-hydroxylation sites is 6. The van der Waals surface area contributed by atoms with Crippen LogP contribution in [0.4, 0.5) is 0 Å². The maximum atomic E-state index is 5.41. The van der Waals surface area contributed by atoms with Crippen LogP contribution in [-0.2, 0) is 0 Å². The molecule has 4 nitrogen and oxygen atoms in total. The van der Waals surface area contributed by atoms with E-state index in [0.29, 0.717) is 0 Å². The molecule has 0 aliphatic heterocycles. The largest absolute Gasteiger partial charge is 0.309 e. The molecule has 0 unspecified atom stereocenters. The monoisotopic (exact) mass is 750 g/mol. The lowest BCUT2D eigenvalue weighted by Gasteiger charge is -2.14. The van der Waals surface area contributed by atoms with E-state index in [1.807, 2.05) is 0 Å². The number of hydrogen-bond donors (Lipinski definition) is 0. The molecule has 0 aliphatic rings. The molecule has 0 aliphatic carbocycles. The summed E-state index contributed by atoms with van der Waals surface area (Å²) in [4.78, 5) is 5.41. The van der Waals surface area contributed by atoms with Crippen LogP contribution in [0, 0.1) is 0 Å². The van der Waals surface area contributed by atoms with Gasteiger partial charge in [0.05, 0.1) is 44.3 Å². The Morgan fingerprint density at radius 1 is 0.271 bits per heavy atom. The zero-order valence-electron chi connectivity index (χ0n) is 31.9. The highest BCUT2D eigenvalue weighted by molar-refractivity contribution is 6.24. The fraction of sp³-hybridized carbons (Fsp3) is 0. The first-order chi connectivity index (χ1) is 29.3. The molecule has 4 aromatic heterocycles. The third-order valence-electron chi connectivity index (χ3n) is 12.4. The maximum absolute atomic E-state index is 5.41. The highest BCUT2D eigenvalue weighted by Crippen LogP contribution is 2.43. The molecule has 4 heteroatoms. The van der Waals surface area contributed by atoms with Gasteiger partial charge in [0.2, 0.25) is 0 Å². The van der Waals surface area contributed by atoms with Gasteiger partial charge in [0, 0.05) is 65.7 Å². The van der Waals surface area contributed by atoms with Crippen LogP contribution in [0.2, 0.25) is 0 Å². The van der Waals surface area contributed by atoms with Gasteiger partial charge in [-0.05, 0) is 78.2 Å². The summed E-state index contributed by atoms with van der Waals surface area (Å²) >= 11 is 0. The maximum Gasteiger partial charge on any atom is 0.0788 e. The molecule has 13 rings (SSSR count). The van der Waals surface area contributed by atoms with E-state index in [9.17, 15) is 0 Å². The summed E-state index contributed by atoms with van der Waals surface area (Å²) in [6.07, 6.45) is 0. The first kappa shape index (κ1) is 32.2. The van der Waals surface area contributed by atoms with Crippen LogP contribution in [0.25, 0.3) is 115 Å². The van der Waals surface area contributed by atoms with E-state index in [0.717, 1.165) is 44.6 Å². The molecule has 59 heavy (non-hydrogen) atoms. The summed E-state index contributed by atoms with van der Waals surface area (Å²) in [5.74, 6) is 0. The normalized spacial score (nSPS) is 12.1. The molecule has 0 radical (unpaired) electrons. The van der Waals surface area contributed by atoms with Gasteiger partial charge in [0.15, 0.2) is 0 Å². The zero-order valence-corrected chi connectivity index (χ0v) is 31.9. The summed E-state index contributed by atoms with van der Waals surface area (Å²) in [5, 5.41) is 10.9. The van der Waals surface area contributed by atoms with Crippen molar-refractivity contribution in [2.75, 3.05) is 0 Å². The van der Waals surface area contributed by atoms with Gasteiger partial charge in [-0.3, -0.25) is 0 Å². The minimum absolute atomic E-state index is 0.984. The minimum Gasteiger partial charge on any atom is -0.309 e. The quantitative estimate of drug-likeness (QED) is 0.165. The van der Waals surface area contributed by atoms with Crippen LogP contribution in [0.5, 0.6) is 0 Å². The molecule has 0 spiro atoms. The molecule has 0 saturated carbocycles. The lowest BCUT2D eigenvalue weighted by atomic mass is 9.97. The topological polar surface area (TPSA) is 27.7 Å². The van der Waals surface area contributed by atoms with E-state index in [1.165, 1.54) is 70.8 Å². The van der Waals surface area contributed by atoms with Crippen molar-refractivity contribution < 1.29 is 0 Å². The molecule has 0 saturated heterocycles. The van der Waals surface area contributed by atoms with Gasteiger partial charge in [-0.2, -0.15) is 0 Å². The van der Waals surface area contributed by atoms with Crippen molar-refractivity contribution in [1.29, 1.82) is 0 Å². The third kappa shape index (κ3) is 4.57. The van der Waals surface area contributed by atoms with Crippen molar-refractivity contribution >= 4 is 87.1 Å². The Bertz CT molecular complexity index is 3810. The van der Waals surface area contributed by atoms with Crippen LogP contribution in [0.3, 0.4) is 0 Å². The zero-order chi connectivity index (χ0) is 38.6. The SMILES string of the molecule is c1ccc(-n2c3ccccc3c3cc4c(-c5ccc(-n6c7ccccc7c7ccc8c9ccccc9n(-c9ccccc9)c8c76)cc5)nc5ccccc5c4cc32)cc1. The second-order valence-electron chi connectivity index (χ2n) is 15.5. The van der Waals surface area contributed by atoms with Crippen LogP contribution in [0.15, 0.2) is 206 Å². The van der Waals surface area contributed by atoms with E-state index >= 15 is 0 Å². The summed E-state index contributed by atoms with van der Waals surface area (Å²) < 4.78 is 7.30. The molecule has 13 aromatic rings. The smallest absolute Gasteiger partial charge is 0.0788 e. The van der Waals surface area contributed by atoms with Gasteiger partial charge in [-0.1, -0.05) is 133 Å². The standard InChI is InChI=1S/C55H34N4/c1-3-15-36(16-4-1)57-49-24-12-10-22-42(49)46-33-47-45(34-52(46)57)39-19-7-11-23-48(39)56-53(47)35-27-29-38(30-28-35)59-51-26-14-9-21-41(51)44-32-31-43-40-20-8-13-25-50(40)58(54(43)55(44)59)37-17-5-2-6-18-37/h1-34H. The fourth-order valence-corrected chi connectivity index (χ4v) is 9.87. The Morgan fingerprint density at radius 2 is 0.729 bits per heavy atom. The molecular weight excluding hydrogens is 717 g/mol. The lowest BCUT2D eigenvalue weighted by Crippen LogP contribution is -1.99. The highest BCUT2D eigenvalue weighted by atomic mass is 15.0. The van der Waals surface area contributed by atoms with E-state index in [4.69, 9.17) is 4.98 Å². The van der Waals surface area contributed by atoms with Crippen LogP contribution in [-0.4, -0.2) is 18.7 Å². The van der Waals surface area contributed by atoms with Gasteiger partial charge in [-0.15, -0.1) is 0 Å². The van der Waals surface area contributed by atoms with Gasteiger partial charge >= 0.3 is 0 Å². The number of hydrogen-bond acceptors (Lipinski definition) is 1. The first-order valence-electron chi connectivity index (χ1n) is 20.2. The molecule has 9 aromatic carbocycles. The predicted octanol–water partition coefficient (Wildman–Crippen LogP) is 14.3. The summed E-state index contributed by atoms with van der Waals surface area (Å²) in [6, 6.07) is 74.8. The molecule has 274 valence electrons. The number of aromatic nitrogens is 4. The molecule has 0 amide bonds. The fourth-order valence-electron chi connectivity index (χ4n) is 9.87. The van der Waals surface area contributed by atoms with Crippen LogP contribution < -0.4 is 0 Å². The second-order valence-corrected chi connectivity index (χ2v) is 15.5. The molecule has 0 fully saturated rings. The number of fused-ring (bicyclic) bond motifs is 13. The molecule has 0 N–H and O–H groups in total. The van der Waals surface area contributed by atoms with Crippen molar-refractivity contribution in [3.63, 3.8) is 0 Å². The van der Waals surface area contributed by atoms with Crippen molar-refractivity contribution in [1.82, 2.24) is 18.7 Å². The summed E-state index contributed by atoms with van der Waals surface area (Å²) in [6.45, 7) is 0. The Labute approximate surface area is 339 Å². The number of nitrogens with zero attached hydrogens (tertiary/aromatic N) is 4. The van der Waals surface area contributed by atoms with Crippen molar-refractivity contribution in [2.24, 2.45) is 0 Å². The number of pyridine rings is 1. The van der Waals surface area contributed by atoms with Gasteiger partial charge in [0.1, 0.15) is 0 Å². The average Bonchev–Trinajstić information content (AvgIpc) is 3.94. The molecule has 0 atom stereocenters. The third-order valence-corrected chi connectivity index (χ3v) is 12.4. The number of rotatable bonds is 4.